The van der Waals surface area contributed by atoms with Crippen LogP contribution in [0.1, 0.15) is 17.3 Å². The quantitative estimate of drug-likeness (QED) is 0.607. The molecule has 0 unspecified atom stereocenters. The molecule has 3 heterocycles. The molecule has 150 valence electrons. The monoisotopic (exact) mass is 449 g/mol. The van der Waals surface area contributed by atoms with Gasteiger partial charge in [-0.1, -0.05) is 0 Å². The van der Waals surface area contributed by atoms with Gasteiger partial charge >= 0.3 is 5.97 Å². The summed E-state index contributed by atoms with van der Waals surface area (Å²) in [4.78, 5) is 36.0. The van der Waals surface area contributed by atoms with E-state index in [2.05, 4.69) is 50.6 Å². The van der Waals surface area contributed by atoms with Gasteiger partial charge in [-0.05, 0) is 36.9 Å². The lowest BCUT2D eigenvalue weighted by Gasteiger charge is -2.42. The second kappa shape index (κ2) is 9.24. The number of hydrogen-bond acceptors (Lipinski definition) is 9. The molecule has 2 aromatic heterocycles. The molecule has 0 bridgehead atoms. The number of carbonyl (C=O) groups is 1. The predicted molar refractivity (Wildman–Crippen MR) is 110 cm³/mol. The zero-order valence-electron chi connectivity index (χ0n) is 16.2. The Hall–Kier alpha value is -2.33. The number of halogens is 1. The minimum Gasteiger partial charge on any atom is -0.462 e. The summed E-state index contributed by atoms with van der Waals surface area (Å²) in [6.07, 6.45) is 6.56. The number of rotatable bonds is 6. The topological polar surface area (TPSA) is 87.6 Å². The first-order chi connectivity index (χ1) is 13.5. The summed E-state index contributed by atoms with van der Waals surface area (Å²) in [7, 11) is 4.08. The van der Waals surface area contributed by atoms with Crippen molar-refractivity contribution < 1.29 is 9.53 Å². The van der Waals surface area contributed by atoms with E-state index < -0.39 is 5.97 Å². The number of carbonyl (C=O) groups excluding carboxylic acids is 1. The number of hydrogen-bond donors (Lipinski definition) is 0. The van der Waals surface area contributed by atoms with Crippen molar-refractivity contribution in [3.63, 3.8) is 0 Å². The number of esters is 1. The van der Waals surface area contributed by atoms with Gasteiger partial charge in [-0.2, -0.15) is 0 Å². The van der Waals surface area contributed by atoms with Gasteiger partial charge in [-0.15, -0.1) is 0 Å². The van der Waals surface area contributed by atoms with Gasteiger partial charge in [0.25, 0.3) is 0 Å². The summed E-state index contributed by atoms with van der Waals surface area (Å²) in [5.74, 6) is 0.914. The highest BCUT2D eigenvalue weighted by Gasteiger charge is 2.30. The highest BCUT2D eigenvalue weighted by molar-refractivity contribution is 9.10. The fourth-order valence-electron chi connectivity index (χ4n) is 3.14. The lowest BCUT2D eigenvalue weighted by molar-refractivity contribution is 0.0525. The van der Waals surface area contributed by atoms with Crippen LogP contribution < -0.4 is 9.80 Å². The molecule has 0 N–H and O–H groups in total. The maximum atomic E-state index is 11.8. The van der Waals surface area contributed by atoms with Gasteiger partial charge in [0.1, 0.15) is 0 Å². The molecule has 0 saturated carbocycles. The highest BCUT2D eigenvalue weighted by Crippen LogP contribution is 2.20. The number of nitrogens with zero attached hydrogens (tertiary/aromatic N) is 7. The van der Waals surface area contributed by atoms with E-state index in [1.165, 1.54) is 12.4 Å². The average Bonchev–Trinajstić information content (AvgIpc) is 2.68. The zero-order valence-corrected chi connectivity index (χ0v) is 17.8. The lowest BCUT2D eigenvalue weighted by Crippen LogP contribution is -2.57. The molecule has 1 atom stereocenters. The van der Waals surface area contributed by atoms with Crippen molar-refractivity contribution >= 4 is 33.8 Å². The molecule has 0 aromatic carbocycles. The number of piperazine rings is 1. The van der Waals surface area contributed by atoms with Crippen molar-refractivity contribution in [2.75, 3.05) is 56.7 Å². The van der Waals surface area contributed by atoms with Gasteiger partial charge in [0.05, 0.1) is 22.7 Å². The molecule has 1 aliphatic rings. The molecule has 3 rings (SSSR count). The Labute approximate surface area is 172 Å². The van der Waals surface area contributed by atoms with Crippen molar-refractivity contribution in [3.8, 4) is 0 Å². The number of aromatic nitrogens is 4. The minimum absolute atomic E-state index is 0.157. The Balaban J connectivity index is 1.76. The van der Waals surface area contributed by atoms with Crippen molar-refractivity contribution in [1.82, 2.24) is 24.8 Å². The Morgan fingerprint density at radius 2 is 1.79 bits per heavy atom. The summed E-state index contributed by atoms with van der Waals surface area (Å²) in [6.45, 7) is 5.17. The predicted octanol–water partition coefficient (Wildman–Crippen LogP) is 1.46. The number of likely N-dealkylation sites (N-methyl/N-ethyl adjacent to an activating group) is 1. The largest absolute Gasteiger partial charge is 0.462 e. The summed E-state index contributed by atoms with van der Waals surface area (Å²) >= 11 is 3.37. The van der Waals surface area contributed by atoms with Crippen molar-refractivity contribution in [2.24, 2.45) is 0 Å². The molecule has 10 heteroatoms. The fourth-order valence-corrected chi connectivity index (χ4v) is 3.34. The van der Waals surface area contributed by atoms with Crippen LogP contribution in [0.25, 0.3) is 0 Å². The molecule has 0 spiro atoms. The Bertz CT molecular complexity index is 786. The van der Waals surface area contributed by atoms with E-state index in [1.54, 1.807) is 19.3 Å². The van der Waals surface area contributed by atoms with Crippen molar-refractivity contribution in [2.45, 2.75) is 13.0 Å². The molecular formula is C18H24BrN7O2. The van der Waals surface area contributed by atoms with E-state index in [0.29, 0.717) is 24.1 Å². The first kappa shape index (κ1) is 20.4. The second-order valence-electron chi connectivity index (χ2n) is 6.75. The lowest BCUT2D eigenvalue weighted by atomic mass is 10.1. The highest BCUT2D eigenvalue weighted by atomic mass is 79.9. The Morgan fingerprint density at radius 1 is 1.14 bits per heavy atom. The Kier molecular flexibility index (Phi) is 6.74. The molecular weight excluding hydrogens is 426 g/mol. The third-order valence-electron chi connectivity index (χ3n) is 4.35. The fraction of sp³-hybridized carbons (Fsp3) is 0.500. The molecule has 28 heavy (non-hydrogen) atoms. The van der Waals surface area contributed by atoms with Crippen LogP contribution in [0.2, 0.25) is 0 Å². The number of anilines is 2. The van der Waals surface area contributed by atoms with Gasteiger partial charge in [-0.25, -0.2) is 24.7 Å². The first-order valence-electron chi connectivity index (χ1n) is 9.11. The SMILES string of the molecule is CCOC(=O)c1cnc(N2CCN(c3ncc(Br)cn3)C[C@@H]2CN(C)C)nc1. The van der Waals surface area contributed by atoms with Gasteiger partial charge in [-0.3, -0.25) is 0 Å². The van der Waals surface area contributed by atoms with E-state index >= 15 is 0 Å². The van der Waals surface area contributed by atoms with E-state index in [-0.39, 0.29) is 6.04 Å². The van der Waals surface area contributed by atoms with Gasteiger partial charge in [0.15, 0.2) is 0 Å². The third kappa shape index (κ3) is 4.93. The van der Waals surface area contributed by atoms with Gasteiger partial charge in [0.2, 0.25) is 11.9 Å². The molecule has 1 aliphatic heterocycles. The minimum atomic E-state index is -0.406. The standard InChI is InChI=1S/C18H24BrN7O2/c1-4-28-16(27)13-7-20-18(21-8-13)26-6-5-25(12-15(26)11-24(2)3)17-22-9-14(19)10-23-17/h7-10,15H,4-6,11-12H2,1-3H3/t15-/m0/s1. The van der Waals surface area contributed by atoms with E-state index in [0.717, 1.165) is 30.7 Å². The van der Waals surface area contributed by atoms with Crippen LogP contribution in [0.5, 0.6) is 0 Å². The molecule has 9 nitrogen and oxygen atoms in total. The van der Waals surface area contributed by atoms with Gasteiger partial charge in [0, 0.05) is 51.0 Å². The van der Waals surface area contributed by atoms with Crippen LogP contribution in [0.4, 0.5) is 11.9 Å². The molecule has 1 saturated heterocycles. The van der Waals surface area contributed by atoms with E-state index in [9.17, 15) is 4.79 Å². The summed E-state index contributed by atoms with van der Waals surface area (Å²) in [6, 6.07) is 0.157. The van der Waals surface area contributed by atoms with Crippen molar-refractivity contribution in [1.29, 1.82) is 0 Å². The summed E-state index contributed by atoms with van der Waals surface area (Å²) in [5.41, 5.74) is 0.358. The van der Waals surface area contributed by atoms with Gasteiger partial charge < -0.3 is 19.4 Å². The smallest absolute Gasteiger partial charge is 0.341 e. The van der Waals surface area contributed by atoms with E-state index in [4.69, 9.17) is 4.74 Å². The maximum absolute atomic E-state index is 11.8. The first-order valence-corrected chi connectivity index (χ1v) is 9.90. The molecule has 0 amide bonds. The molecule has 0 aliphatic carbocycles. The van der Waals surface area contributed by atoms with Crippen LogP contribution >= 0.6 is 15.9 Å². The zero-order chi connectivity index (χ0) is 20.1. The molecule has 1 fully saturated rings. The van der Waals surface area contributed by atoms with Crippen molar-refractivity contribution in [3.05, 3.63) is 34.8 Å². The normalized spacial score (nSPS) is 17.1. The molecule has 0 radical (unpaired) electrons. The summed E-state index contributed by atoms with van der Waals surface area (Å²) < 4.78 is 5.85. The Morgan fingerprint density at radius 3 is 2.39 bits per heavy atom. The van der Waals surface area contributed by atoms with Crippen LogP contribution in [-0.4, -0.2) is 83.7 Å². The maximum Gasteiger partial charge on any atom is 0.341 e. The average molecular weight is 450 g/mol. The molecule has 2 aromatic rings. The summed E-state index contributed by atoms with van der Waals surface area (Å²) in [5, 5.41) is 0. The van der Waals surface area contributed by atoms with Crippen LogP contribution in [0, 0.1) is 0 Å². The number of ether oxygens (including phenoxy) is 1. The van der Waals surface area contributed by atoms with Crippen LogP contribution in [-0.2, 0) is 4.74 Å². The second-order valence-corrected chi connectivity index (χ2v) is 7.66. The van der Waals surface area contributed by atoms with Crippen LogP contribution in [0.3, 0.4) is 0 Å². The third-order valence-corrected chi connectivity index (χ3v) is 4.76. The van der Waals surface area contributed by atoms with Crippen LogP contribution in [0.15, 0.2) is 29.3 Å². The van der Waals surface area contributed by atoms with E-state index in [1.807, 2.05) is 14.1 Å².